The highest BCUT2D eigenvalue weighted by Gasteiger charge is 2.22. The zero-order valence-electron chi connectivity index (χ0n) is 22.8. The second kappa shape index (κ2) is 12.5. The van der Waals surface area contributed by atoms with Crippen molar-refractivity contribution in [3.05, 3.63) is 64.5 Å². The predicted octanol–water partition coefficient (Wildman–Crippen LogP) is 6.03. The molecule has 0 atom stereocenters. The first kappa shape index (κ1) is 26.4. The fourth-order valence-corrected chi connectivity index (χ4v) is 5.47. The van der Waals surface area contributed by atoms with Crippen LogP contribution in [0.25, 0.3) is 5.70 Å². The van der Waals surface area contributed by atoms with Gasteiger partial charge in [0.2, 0.25) is 0 Å². The van der Waals surface area contributed by atoms with Gasteiger partial charge in [-0.25, -0.2) is 0 Å². The van der Waals surface area contributed by atoms with Crippen LogP contribution in [0.4, 0.5) is 0 Å². The number of hydrogen-bond donors (Lipinski definition) is 0. The number of nitrogens with zero attached hydrogens (tertiary/aromatic N) is 4. The molecule has 2 heterocycles. The first-order valence-electron chi connectivity index (χ1n) is 13.5. The van der Waals surface area contributed by atoms with Crippen LogP contribution in [0.5, 0.6) is 0 Å². The Bertz CT molecular complexity index is 881. The molecule has 1 aromatic carbocycles. The van der Waals surface area contributed by atoms with E-state index in [1.165, 1.54) is 39.3 Å². The molecule has 2 saturated heterocycles. The van der Waals surface area contributed by atoms with Crippen LogP contribution in [-0.4, -0.2) is 72.0 Å². The first-order valence-corrected chi connectivity index (χ1v) is 13.5. The maximum Gasteiger partial charge on any atom is 0.0370 e. The maximum atomic E-state index is 4.56. The molecular formula is C30H48N4. The van der Waals surface area contributed by atoms with E-state index < -0.39 is 0 Å². The SMILES string of the molecule is C=C(c1cc(CN2CCN(/C(=C/CC)CC)CC2)c(C)cc1C)N1CCN(/C(C)=C/CC)CC1. The molecule has 0 bridgehead atoms. The van der Waals surface area contributed by atoms with Crippen molar-refractivity contribution in [2.24, 2.45) is 0 Å². The van der Waals surface area contributed by atoms with Gasteiger partial charge in [0.05, 0.1) is 0 Å². The van der Waals surface area contributed by atoms with Crippen LogP contribution in [-0.2, 0) is 6.54 Å². The molecule has 188 valence electrons. The summed E-state index contributed by atoms with van der Waals surface area (Å²) in [6, 6.07) is 4.80. The Balaban J connectivity index is 1.64. The molecule has 0 radical (unpaired) electrons. The monoisotopic (exact) mass is 464 g/mol. The van der Waals surface area contributed by atoms with Crippen molar-refractivity contribution >= 4 is 5.70 Å². The summed E-state index contributed by atoms with van der Waals surface area (Å²) in [6.07, 6.45) is 8.11. The zero-order valence-corrected chi connectivity index (χ0v) is 22.8. The van der Waals surface area contributed by atoms with Gasteiger partial charge in [0, 0.05) is 81.6 Å². The summed E-state index contributed by atoms with van der Waals surface area (Å²) in [6.45, 7) is 27.9. The van der Waals surface area contributed by atoms with E-state index in [1.807, 2.05) is 0 Å². The highest BCUT2D eigenvalue weighted by molar-refractivity contribution is 5.66. The summed E-state index contributed by atoms with van der Waals surface area (Å²) in [5.41, 5.74) is 9.66. The number of benzene rings is 1. The normalized spacial score (nSPS) is 18.6. The molecule has 2 aliphatic heterocycles. The smallest absolute Gasteiger partial charge is 0.0370 e. The van der Waals surface area contributed by atoms with Gasteiger partial charge in [-0.2, -0.15) is 0 Å². The van der Waals surface area contributed by atoms with Crippen molar-refractivity contribution in [1.29, 1.82) is 0 Å². The minimum absolute atomic E-state index is 1.04. The average molecular weight is 465 g/mol. The molecule has 1 aromatic rings. The molecule has 4 heteroatoms. The van der Waals surface area contributed by atoms with Crippen LogP contribution in [0, 0.1) is 13.8 Å². The minimum atomic E-state index is 1.04. The number of aryl methyl sites for hydroxylation is 2. The quantitative estimate of drug-likeness (QED) is 0.442. The summed E-state index contributed by atoms with van der Waals surface area (Å²) in [7, 11) is 0. The van der Waals surface area contributed by atoms with Crippen LogP contribution in [0.3, 0.4) is 0 Å². The molecular weight excluding hydrogens is 416 g/mol. The standard InChI is InChI=1S/C30H48N4/c1-8-11-26(6)32-17-19-33(20-18-32)27(7)30-22-28(24(4)21-25(30)5)23-31-13-15-34(16-14-31)29(10-3)12-9-2/h11-12,21-22H,7-10,13-20,23H2,1-6H3/b26-11+,29-12+. The molecule has 34 heavy (non-hydrogen) atoms. The van der Waals surface area contributed by atoms with Gasteiger partial charge in [-0.05, 0) is 62.8 Å². The van der Waals surface area contributed by atoms with Crippen molar-refractivity contribution in [1.82, 2.24) is 19.6 Å². The van der Waals surface area contributed by atoms with Crippen molar-refractivity contribution in [2.75, 3.05) is 52.4 Å². The number of piperazine rings is 2. The molecule has 0 aliphatic carbocycles. The Hall–Kier alpha value is -2.20. The number of allylic oxidation sites excluding steroid dienone is 4. The first-order chi connectivity index (χ1) is 16.4. The van der Waals surface area contributed by atoms with Crippen LogP contribution in [0.15, 0.2) is 42.3 Å². The van der Waals surface area contributed by atoms with E-state index in [4.69, 9.17) is 0 Å². The van der Waals surface area contributed by atoms with Crippen molar-refractivity contribution in [3.8, 4) is 0 Å². The highest BCUT2D eigenvalue weighted by atomic mass is 15.3. The van der Waals surface area contributed by atoms with Crippen LogP contribution in [0.2, 0.25) is 0 Å². The third kappa shape index (κ3) is 6.47. The second-order valence-corrected chi connectivity index (χ2v) is 9.99. The van der Waals surface area contributed by atoms with Crippen molar-refractivity contribution in [2.45, 2.75) is 67.3 Å². The molecule has 3 rings (SSSR count). The maximum absolute atomic E-state index is 4.56. The fourth-order valence-electron chi connectivity index (χ4n) is 5.47. The van der Waals surface area contributed by atoms with E-state index in [-0.39, 0.29) is 0 Å². The van der Waals surface area contributed by atoms with E-state index in [2.05, 4.69) is 92.0 Å². The lowest BCUT2D eigenvalue weighted by Crippen LogP contribution is -2.45. The lowest BCUT2D eigenvalue weighted by Gasteiger charge is -2.39. The van der Waals surface area contributed by atoms with E-state index in [1.54, 1.807) is 0 Å². The van der Waals surface area contributed by atoms with Gasteiger partial charge < -0.3 is 14.7 Å². The molecule has 0 amide bonds. The molecule has 2 aliphatic rings. The van der Waals surface area contributed by atoms with Gasteiger partial charge in [-0.3, -0.25) is 4.90 Å². The van der Waals surface area contributed by atoms with E-state index in [9.17, 15) is 0 Å². The van der Waals surface area contributed by atoms with Crippen molar-refractivity contribution in [3.63, 3.8) is 0 Å². The summed E-state index contributed by atoms with van der Waals surface area (Å²) in [5.74, 6) is 0. The van der Waals surface area contributed by atoms with Gasteiger partial charge in [0.25, 0.3) is 0 Å². The summed E-state index contributed by atoms with van der Waals surface area (Å²) >= 11 is 0. The van der Waals surface area contributed by atoms with Gasteiger partial charge in [-0.15, -0.1) is 0 Å². The summed E-state index contributed by atoms with van der Waals surface area (Å²) < 4.78 is 0. The molecule has 0 aromatic heterocycles. The van der Waals surface area contributed by atoms with Crippen LogP contribution in [0.1, 0.15) is 69.2 Å². The molecule has 2 fully saturated rings. The lowest BCUT2D eigenvalue weighted by atomic mass is 9.97. The van der Waals surface area contributed by atoms with Crippen LogP contribution < -0.4 is 0 Å². The lowest BCUT2D eigenvalue weighted by molar-refractivity contribution is 0.150. The topological polar surface area (TPSA) is 13.0 Å². The zero-order chi connectivity index (χ0) is 24.7. The predicted molar refractivity (Wildman–Crippen MR) is 148 cm³/mol. The van der Waals surface area contributed by atoms with Gasteiger partial charge in [0.1, 0.15) is 0 Å². The van der Waals surface area contributed by atoms with E-state index in [0.29, 0.717) is 0 Å². The Labute approximate surface area is 209 Å². The largest absolute Gasteiger partial charge is 0.373 e. The third-order valence-corrected chi connectivity index (χ3v) is 7.63. The third-order valence-electron chi connectivity index (χ3n) is 7.63. The molecule has 4 nitrogen and oxygen atoms in total. The average Bonchev–Trinajstić information content (AvgIpc) is 2.84. The van der Waals surface area contributed by atoms with Gasteiger partial charge in [-0.1, -0.05) is 45.6 Å². The Morgan fingerprint density at radius 1 is 0.794 bits per heavy atom. The minimum Gasteiger partial charge on any atom is -0.373 e. The van der Waals surface area contributed by atoms with Crippen molar-refractivity contribution < 1.29 is 0 Å². The molecule has 0 saturated carbocycles. The fraction of sp³-hybridized carbons (Fsp3) is 0.600. The molecule has 0 N–H and O–H groups in total. The molecule has 0 unspecified atom stereocenters. The van der Waals surface area contributed by atoms with Gasteiger partial charge in [0.15, 0.2) is 0 Å². The van der Waals surface area contributed by atoms with E-state index in [0.717, 1.165) is 78.2 Å². The molecule has 0 spiro atoms. The van der Waals surface area contributed by atoms with E-state index >= 15 is 0 Å². The Kier molecular flexibility index (Phi) is 9.70. The van der Waals surface area contributed by atoms with Crippen LogP contribution >= 0.6 is 0 Å². The second-order valence-electron chi connectivity index (χ2n) is 9.99. The highest BCUT2D eigenvalue weighted by Crippen LogP contribution is 2.27. The number of rotatable bonds is 9. The number of hydrogen-bond acceptors (Lipinski definition) is 4. The van der Waals surface area contributed by atoms with Gasteiger partial charge >= 0.3 is 0 Å². The Morgan fingerprint density at radius 2 is 1.38 bits per heavy atom. The summed E-state index contributed by atoms with van der Waals surface area (Å²) in [4.78, 5) is 10.2. The summed E-state index contributed by atoms with van der Waals surface area (Å²) in [5, 5.41) is 0. The Morgan fingerprint density at radius 3 is 1.97 bits per heavy atom.